The van der Waals surface area contributed by atoms with Gasteiger partial charge in [0.25, 0.3) is 5.69 Å². The van der Waals surface area contributed by atoms with Gasteiger partial charge in [0.05, 0.1) is 11.5 Å². The predicted molar refractivity (Wildman–Crippen MR) is 82.6 cm³/mol. The van der Waals surface area contributed by atoms with E-state index in [9.17, 15) is 10.1 Å². The standard InChI is InChI=1S/C15H19N3O3/c1-3-6-16-12-7-13(9-14(8-12)18(19)20)17-10-15-5-4-11(2)21-15/h4-5,7-9,16-17H,3,6,10H2,1-2H3. The molecular formula is C15H19N3O3. The van der Waals surface area contributed by atoms with E-state index in [1.807, 2.05) is 32.0 Å². The Hall–Kier alpha value is -2.50. The van der Waals surface area contributed by atoms with Crippen molar-refractivity contribution in [3.63, 3.8) is 0 Å². The van der Waals surface area contributed by atoms with Crippen molar-refractivity contribution in [2.75, 3.05) is 17.2 Å². The van der Waals surface area contributed by atoms with Crippen LogP contribution in [0.5, 0.6) is 0 Å². The summed E-state index contributed by atoms with van der Waals surface area (Å²) < 4.78 is 5.47. The number of aryl methyl sites for hydroxylation is 1. The quantitative estimate of drug-likeness (QED) is 0.596. The first-order valence-corrected chi connectivity index (χ1v) is 6.91. The van der Waals surface area contributed by atoms with Gasteiger partial charge in [0.2, 0.25) is 0 Å². The second-order valence-electron chi connectivity index (χ2n) is 4.82. The van der Waals surface area contributed by atoms with Crippen LogP contribution in [0.2, 0.25) is 0 Å². The zero-order valence-corrected chi connectivity index (χ0v) is 12.2. The lowest BCUT2D eigenvalue weighted by Gasteiger charge is -2.09. The second-order valence-corrected chi connectivity index (χ2v) is 4.82. The summed E-state index contributed by atoms with van der Waals surface area (Å²) in [5.74, 6) is 1.64. The minimum absolute atomic E-state index is 0.0641. The summed E-state index contributed by atoms with van der Waals surface area (Å²) >= 11 is 0. The molecule has 0 saturated heterocycles. The third kappa shape index (κ3) is 4.24. The van der Waals surface area contributed by atoms with Gasteiger partial charge in [-0.1, -0.05) is 6.92 Å². The van der Waals surface area contributed by atoms with Crippen LogP contribution >= 0.6 is 0 Å². The highest BCUT2D eigenvalue weighted by atomic mass is 16.6. The molecule has 2 aromatic rings. The zero-order valence-electron chi connectivity index (χ0n) is 12.2. The van der Waals surface area contributed by atoms with E-state index in [-0.39, 0.29) is 10.6 Å². The first-order chi connectivity index (χ1) is 10.1. The topological polar surface area (TPSA) is 80.3 Å². The van der Waals surface area contributed by atoms with Crippen molar-refractivity contribution in [1.29, 1.82) is 0 Å². The maximum atomic E-state index is 11.0. The van der Waals surface area contributed by atoms with Crippen LogP contribution < -0.4 is 10.6 Å². The summed E-state index contributed by atoms with van der Waals surface area (Å²) in [6.45, 7) is 5.19. The Balaban J connectivity index is 2.12. The van der Waals surface area contributed by atoms with Gasteiger partial charge in [-0.25, -0.2) is 0 Å². The van der Waals surface area contributed by atoms with Gasteiger partial charge in [-0.15, -0.1) is 0 Å². The van der Waals surface area contributed by atoms with Crippen molar-refractivity contribution in [2.24, 2.45) is 0 Å². The van der Waals surface area contributed by atoms with Crippen LogP contribution in [0.4, 0.5) is 17.1 Å². The molecule has 0 atom stereocenters. The van der Waals surface area contributed by atoms with Gasteiger partial charge in [-0.2, -0.15) is 0 Å². The predicted octanol–water partition coefficient (Wildman–Crippen LogP) is 3.93. The van der Waals surface area contributed by atoms with Gasteiger partial charge < -0.3 is 15.1 Å². The summed E-state index contributed by atoms with van der Waals surface area (Å²) in [5.41, 5.74) is 1.50. The SMILES string of the molecule is CCCNc1cc(NCc2ccc(C)o2)cc([N+](=O)[O-])c1. The highest BCUT2D eigenvalue weighted by Crippen LogP contribution is 2.25. The molecule has 0 unspecified atom stereocenters. The molecule has 0 saturated carbocycles. The van der Waals surface area contributed by atoms with Crippen LogP contribution in [0.3, 0.4) is 0 Å². The van der Waals surface area contributed by atoms with E-state index in [2.05, 4.69) is 10.6 Å². The minimum Gasteiger partial charge on any atom is -0.465 e. The Morgan fingerprint density at radius 1 is 1.19 bits per heavy atom. The number of anilines is 2. The van der Waals surface area contributed by atoms with Crippen LogP contribution in [0.1, 0.15) is 24.9 Å². The fourth-order valence-corrected chi connectivity index (χ4v) is 1.96. The van der Waals surface area contributed by atoms with E-state index in [4.69, 9.17) is 4.42 Å². The normalized spacial score (nSPS) is 10.4. The minimum atomic E-state index is -0.390. The van der Waals surface area contributed by atoms with Gasteiger partial charge in [0, 0.05) is 30.1 Å². The molecule has 112 valence electrons. The fraction of sp³-hybridized carbons (Fsp3) is 0.333. The third-order valence-corrected chi connectivity index (χ3v) is 2.97. The Morgan fingerprint density at radius 3 is 2.48 bits per heavy atom. The number of nitro groups is 1. The first kappa shape index (κ1) is 14.9. The largest absolute Gasteiger partial charge is 0.465 e. The molecule has 2 rings (SSSR count). The lowest BCUT2D eigenvalue weighted by molar-refractivity contribution is -0.384. The molecule has 0 radical (unpaired) electrons. The summed E-state index contributed by atoms with van der Waals surface area (Å²) in [6, 6.07) is 8.69. The van der Waals surface area contributed by atoms with Gasteiger partial charge in [-0.3, -0.25) is 10.1 Å². The van der Waals surface area contributed by atoms with E-state index in [1.165, 1.54) is 12.1 Å². The van der Waals surface area contributed by atoms with Crippen molar-refractivity contribution in [3.05, 3.63) is 52.0 Å². The van der Waals surface area contributed by atoms with Crippen LogP contribution in [0.15, 0.2) is 34.7 Å². The molecule has 6 nitrogen and oxygen atoms in total. The number of hydrogen-bond donors (Lipinski definition) is 2. The van der Waals surface area contributed by atoms with Crippen molar-refractivity contribution in [1.82, 2.24) is 0 Å². The van der Waals surface area contributed by atoms with Gasteiger partial charge >= 0.3 is 0 Å². The fourth-order valence-electron chi connectivity index (χ4n) is 1.96. The number of rotatable bonds is 7. The van der Waals surface area contributed by atoms with Crippen LogP contribution in [0, 0.1) is 17.0 Å². The molecule has 0 fully saturated rings. The van der Waals surface area contributed by atoms with E-state index < -0.39 is 0 Å². The third-order valence-electron chi connectivity index (χ3n) is 2.97. The van der Waals surface area contributed by atoms with E-state index >= 15 is 0 Å². The highest BCUT2D eigenvalue weighted by Gasteiger charge is 2.10. The first-order valence-electron chi connectivity index (χ1n) is 6.91. The molecule has 0 aliphatic carbocycles. The van der Waals surface area contributed by atoms with Gasteiger partial charge in [0.15, 0.2) is 0 Å². The molecule has 0 bridgehead atoms. The molecule has 1 heterocycles. The average molecular weight is 289 g/mol. The molecule has 0 spiro atoms. The molecule has 0 aliphatic heterocycles. The molecule has 2 N–H and O–H groups in total. The molecular weight excluding hydrogens is 270 g/mol. The van der Waals surface area contributed by atoms with Gasteiger partial charge in [-0.05, 0) is 31.5 Å². The van der Waals surface area contributed by atoms with Gasteiger partial charge in [0.1, 0.15) is 11.5 Å². The lowest BCUT2D eigenvalue weighted by Crippen LogP contribution is -2.03. The van der Waals surface area contributed by atoms with Crippen molar-refractivity contribution >= 4 is 17.1 Å². The van der Waals surface area contributed by atoms with E-state index in [1.54, 1.807) is 0 Å². The number of non-ortho nitro benzene ring substituents is 1. The van der Waals surface area contributed by atoms with E-state index in [0.717, 1.165) is 30.2 Å². The smallest absolute Gasteiger partial charge is 0.273 e. The molecule has 0 amide bonds. The molecule has 0 aliphatic rings. The molecule has 6 heteroatoms. The number of furan rings is 1. The van der Waals surface area contributed by atoms with Crippen LogP contribution in [-0.2, 0) is 6.54 Å². The van der Waals surface area contributed by atoms with Crippen molar-refractivity contribution in [3.8, 4) is 0 Å². The molecule has 1 aromatic heterocycles. The Bertz CT molecular complexity index is 622. The van der Waals surface area contributed by atoms with E-state index in [0.29, 0.717) is 12.2 Å². The number of nitrogens with one attached hydrogen (secondary N) is 2. The van der Waals surface area contributed by atoms with Crippen LogP contribution in [-0.4, -0.2) is 11.5 Å². The molecule has 21 heavy (non-hydrogen) atoms. The summed E-state index contributed by atoms with van der Waals surface area (Å²) in [7, 11) is 0. The molecule has 1 aromatic carbocycles. The zero-order chi connectivity index (χ0) is 15.2. The average Bonchev–Trinajstić information content (AvgIpc) is 2.88. The number of benzene rings is 1. The highest BCUT2D eigenvalue weighted by molar-refractivity contribution is 5.63. The number of hydrogen-bond acceptors (Lipinski definition) is 5. The number of nitrogens with zero attached hydrogens (tertiary/aromatic N) is 1. The Kier molecular flexibility index (Phi) is 4.81. The maximum absolute atomic E-state index is 11.0. The summed E-state index contributed by atoms with van der Waals surface area (Å²) in [4.78, 5) is 10.6. The lowest BCUT2D eigenvalue weighted by atomic mass is 10.2. The summed E-state index contributed by atoms with van der Waals surface area (Å²) in [5, 5.41) is 17.3. The number of nitro benzene ring substituents is 1. The Morgan fingerprint density at radius 2 is 1.90 bits per heavy atom. The Labute approximate surface area is 123 Å². The maximum Gasteiger partial charge on any atom is 0.273 e. The summed E-state index contributed by atoms with van der Waals surface area (Å²) in [6.07, 6.45) is 0.955. The van der Waals surface area contributed by atoms with Crippen molar-refractivity contribution < 1.29 is 9.34 Å². The second kappa shape index (κ2) is 6.78. The van der Waals surface area contributed by atoms with Crippen molar-refractivity contribution in [2.45, 2.75) is 26.8 Å². The van der Waals surface area contributed by atoms with Crippen LogP contribution in [0.25, 0.3) is 0 Å². The monoisotopic (exact) mass is 289 g/mol.